The Hall–Kier alpha value is -2.50. The molecule has 0 aliphatic heterocycles. The van der Waals surface area contributed by atoms with Gasteiger partial charge in [0.15, 0.2) is 0 Å². The molecule has 2 N–H and O–H groups in total. The van der Waals surface area contributed by atoms with Gasteiger partial charge < -0.3 is 19.9 Å². The quantitative estimate of drug-likeness (QED) is 0.794. The smallest absolute Gasteiger partial charge is 0.319 e. The number of nitrogens with one attached hydrogen (secondary N) is 2. The Balaban J connectivity index is 1.69. The Kier molecular flexibility index (Phi) is 5.00. The Labute approximate surface area is 117 Å². The van der Waals surface area contributed by atoms with Crippen LogP contribution in [0.2, 0.25) is 0 Å². The van der Waals surface area contributed by atoms with Gasteiger partial charge in [-0.2, -0.15) is 0 Å². The van der Waals surface area contributed by atoms with Crippen molar-refractivity contribution in [2.45, 2.75) is 12.8 Å². The zero-order valence-corrected chi connectivity index (χ0v) is 11.3. The van der Waals surface area contributed by atoms with Crippen molar-refractivity contribution < 1.29 is 14.1 Å². The topological polar surface area (TPSA) is 76.4 Å². The predicted molar refractivity (Wildman–Crippen MR) is 74.8 cm³/mol. The summed E-state index contributed by atoms with van der Waals surface area (Å²) in [5, 5.41) is 9.16. The number of hydrogen-bond acceptors (Lipinski definition) is 4. The first-order valence-corrected chi connectivity index (χ1v) is 6.35. The molecule has 0 radical (unpaired) electrons. The molecule has 106 valence electrons. The molecule has 0 spiro atoms. The van der Waals surface area contributed by atoms with Crippen LogP contribution in [0.3, 0.4) is 0 Å². The predicted octanol–water partition coefficient (Wildman–Crippen LogP) is 2.44. The maximum atomic E-state index is 11.7. The van der Waals surface area contributed by atoms with Crippen molar-refractivity contribution in [2.75, 3.05) is 19.0 Å². The number of ether oxygens (including phenoxy) is 1. The highest BCUT2D eigenvalue weighted by molar-refractivity contribution is 5.89. The lowest BCUT2D eigenvalue weighted by atomic mass is 10.2. The fraction of sp³-hybridized carbons (Fsp3) is 0.286. The molecule has 6 heteroatoms. The van der Waals surface area contributed by atoms with Crippen LogP contribution in [0.25, 0.3) is 0 Å². The van der Waals surface area contributed by atoms with Gasteiger partial charge in [0.25, 0.3) is 0 Å². The number of urea groups is 1. The van der Waals surface area contributed by atoms with E-state index in [0.29, 0.717) is 18.0 Å². The minimum atomic E-state index is -0.233. The molecular weight excluding hydrogens is 258 g/mol. The molecule has 1 aromatic heterocycles. The monoisotopic (exact) mass is 275 g/mol. The molecule has 2 aromatic rings. The summed E-state index contributed by atoms with van der Waals surface area (Å²) >= 11 is 0. The molecular formula is C14H17N3O3. The van der Waals surface area contributed by atoms with E-state index in [9.17, 15) is 4.79 Å². The zero-order chi connectivity index (χ0) is 14.2. The van der Waals surface area contributed by atoms with E-state index in [1.165, 1.54) is 0 Å². The average Bonchev–Trinajstić information content (AvgIpc) is 2.97. The fourth-order valence-corrected chi connectivity index (χ4v) is 1.72. The van der Waals surface area contributed by atoms with Gasteiger partial charge in [0.1, 0.15) is 12.0 Å². The number of methoxy groups -OCH3 is 1. The molecule has 0 saturated heterocycles. The van der Waals surface area contributed by atoms with Crippen molar-refractivity contribution in [1.82, 2.24) is 10.5 Å². The highest BCUT2D eigenvalue weighted by Crippen LogP contribution is 2.16. The van der Waals surface area contributed by atoms with Crippen molar-refractivity contribution in [3.8, 4) is 5.75 Å². The number of amides is 2. The number of anilines is 1. The van der Waals surface area contributed by atoms with Crippen LogP contribution in [-0.2, 0) is 6.42 Å². The summed E-state index contributed by atoms with van der Waals surface area (Å²) in [5.41, 5.74) is 1.72. The van der Waals surface area contributed by atoms with Gasteiger partial charge in [-0.25, -0.2) is 4.79 Å². The summed E-state index contributed by atoms with van der Waals surface area (Å²) in [6.45, 7) is 0.584. The second-order valence-electron chi connectivity index (χ2n) is 4.25. The molecule has 1 heterocycles. The van der Waals surface area contributed by atoms with Crippen LogP contribution in [0.5, 0.6) is 5.75 Å². The highest BCUT2D eigenvalue weighted by atomic mass is 16.5. The third-order valence-electron chi connectivity index (χ3n) is 2.74. The third kappa shape index (κ3) is 4.31. The Morgan fingerprint density at radius 1 is 1.45 bits per heavy atom. The third-order valence-corrected chi connectivity index (χ3v) is 2.74. The van der Waals surface area contributed by atoms with Crippen LogP contribution in [0.4, 0.5) is 10.5 Å². The minimum Gasteiger partial charge on any atom is -0.497 e. The summed E-state index contributed by atoms with van der Waals surface area (Å²) in [4.78, 5) is 11.7. The molecule has 2 rings (SSSR count). The molecule has 0 atom stereocenters. The first-order valence-electron chi connectivity index (χ1n) is 6.35. The first-order chi connectivity index (χ1) is 9.78. The molecule has 0 saturated carbocycles. The lowest BCUT2D eigenvalue weighted by molar-refractivity contribution is 0.252. The SMILES string of the molecule is COc1cccc(NC(=O)NCCCc2cnoc2)c1. The summed E-state index contributed by atoms with van der Waals surface area (Å²) < 4.78 is 9.82. The van der Waals surface area contributed by atoms with E-state index >= 15 is 0 Å². The summed E-state index contributed by atoms with van der Waals surface area (Å²) in [7, 11) is 1.59. The summed E-state index contributed by atoms with van der Waals surface area (Å²) in [6.07, 6.45) is 4.93. The molecule has 6 nitrogen and oxygen atoms in total. The number of benzene rings is 1. The van der Waals surface area contributed by atoms with Crippen LogP contribution in [0.1, 0.15) is 12.0 Å². The number of hydrogen-bond donors (Lipinski definition) is 2. The maximum Gasteiger partial charge on any atom is 0.319 e. The number of carbonyl (C=O) groups is 1. The zero-order valence-electron chi connectivity index (χ0n) is 11.3. The fourth-order valence-electron chi connectivity index (χ4n) is 1.72. The van der Waals surface area contributed by atoms with Gasteiger partial charge >= 0.3 is 6.03 Å². The van der Waals surface area contributed by atoms with Gasteiger partial charge in [-0.15, -0.1) is 0 Å². The lowest BCUT2D eigenvalue weighted by Crippen LogP contribution is -2.29. The largest absolute Gasteiger partial charge is 0.497 e. The van der Waals surface area contributed by atoms with Crippen LogP contribution in [0.15, 0.2) is 41.2 Å². The van der Waals surface area contributed by atoms with E-state index in [4.69, 9.17) is 9.26 Å². The van der Waals surface area contributed by atoms with Gasteiger partial charge in [-0.1, -0.05) is 11.2 Å². The first kappa shape index (κ1) is 13.9. The van der Waals surface area contributed by atoms with Crippen LogP contribution in [-0.4, -0.2) is 24.8 Å². The van der Waals surface area contributed by atoms with E-state index < -0.39 is 0 Å². The van der Waals surface area contributed by atoms with E-state index in [1.807, 2.05) is 12.1 Å². The van der Waals surface area contributed by atoms with E-state index in [1.54, 1.807) is 31.7 Å². The van der Waals surface area contributed by atoms with Crippen LogP contribution >= 0.6 is 0 Å². The molecule has 0 fully saturated rings. The van der Waals surface area contributed by atoms with E-state index in [-0.39, 0.29) is 6.03 Å². The van der Waals surface area contributed by atoms with Crippen molar-refractivity contribution in [3.63, 3.8) is 0 Å². The number of aryl methyl sites for hydroxylation is 1. The van der Waals surface area contributed by atoms with Gasteiger partial charge in [-0.05, 0) is 25.0 Å². The maximum absolute atomic E-state index is 11.7. The van der Waals surface area contributed by atoms with E-state index in [2.05, 4.69) is 15.8 Å². The van der Waals surface area contributed by atoms with Crippen molar-refractivity contribution in [3.05, 3.63) is 42.3 Å². The lowest BCUT2D eigenvalue weighted by Gasteiger charge is -2.08. The minimum absolute atomic E-state index is 0.233. The van der Waals surface area contributed by atoms with Gasteiger partial charge in [0.2, 0.25) is 0 Å². The molecule has 2 amide bonds. The van der Waals surface area contributed by atoms with E-state index in [0.717, 1.165) is 18.4 Å². The highest BCUT2D eigenvalue weighted by Gasteiger charge is 2.02. The second-order valence-corrected chi connectivity index (χ2v) is 4.25. The molecule has 0 aliphatic rings. The van der Waals surface area contributed by atoms with Crippen LogP contribution in [0, 0.1) is 0 Å². The van der Waals surface area contributed by atoms with Gasteiger partial charge in [0, 0.05) is 23.9 Å². The van der Waals surface area contributed by atoms with Gasteiger partial charge in [-0.3, -0.25) is 0 Å². The second kappa shape index (κ2) is 7.18. The molecule has 1 aromatic carbocycles. The Morgan fingerprint density at radius 3 is 3.10 bits per heavy atom. The number of aromatic nitrogens is 1. The Morgan fingerprint density at radius 2 is 2.35 bits per heavy atom. The molecule has 0 bridgehead atoms. The van der Waals surface area contributed by atoms with Crippen LogP contribution < -0.4 is 15.4 Å². The molecule has 0 unspecified atom stereocenters. The Bertz CT molecular complexity index is 540. The normalized spacial score (nSPS) is 10.1. The van der Waals surface area contributed by atoms with Crippen molar-refractivity contribution in [2.24, 2.45) is 0 Å². The average molecular weight is 275 g/mol. The number of nitrogens with zero attached hydrogens (tertiary/aromatic N) is 1. The summed E-state index contributed by atoms with van der Waals surface area (Å²) in [5.74, 6) is 0.704. The van der Waals surface area contributed by atoms with Gasteiger partial charge in [0.05, 0.1) is 13.3 Å². The summed E-state index contributed by atoms with van der Waals surface area (Å²) in [6, 6.07) is 6.97. The standard InChI is InChI=1S/C14H17N3O3/c1-19-13-6-2-5-12(8-13)17-14(18)15-7-3-4-11-9-16-20-10-11/h2,5-6,8-10H,3-4,7H2,1H3,(H2,15,17,18). The number of rotatable bonds is 6. The van der Waals surface area contributed by atoms with Crippen molar-refractivity contribution in [1.29, 1.82) is 0 Å². The van der Waals surface area contributed by atoms with Crippen molar-refractivity contribution >= 4 is 11.7 Å². The molecule has 20 heavy (non-hydrogen) atoms. The molecule has 0 aliphatic carbocycles. The number of carbonyl (C=O) groups excluding carboxylic acids is 1.